The molecule has 0 aromatic carbocycles. The number of nitrogens with zero attached hydrogens (tertiary/aromatic N) is 5. The van der Waals surface area contributed by atoms with Crippen LogP contribution in [0.2, 0.25) is 0 Å². The molecule has 2 saturated heterocycles. The molecule has 6 N–H and O–H groups in total. The number of carbonyl (C=O) groups excluding carboxylic acids is 3. The van der Waals surface area contributed by atoms with Gasteiger partial charge in [0.2, 0.25) is 17.7 Å². The molecule has 0 bridgehead atoms. The fourth-order valence-electron chi connectivity index (χ4n) is 6.19. The Morgan fingerprint density at radius 3 is 1.54 bits per heavy atom. The molecule has 2 heterocycles. The highest BCUT2D eigenvalue weighted by Gasteiger charge is 2.24. The summed E-state index contributed by atoms with van der Waals surface area (Å²) in [5.41, 5.74) is 0. The number of unbranched alkanes of at least 4 members (excludes halogenated alkanes) is 1. The van der Waals surface area contributed by atoms with Gasteiger partial charge in [-0.05, 0) is 51.0 Å². The number of carbonyl (C=O) groups is 6. The van der Waals surface area contributed by atoms with Crippen LogP contribution in [0.15, 0.2) is 0 Å². The van der Waals surface area contributed by atoms with Gasteiger partial charge in [0.25, 0.3) is 6.47 Å². The summed E-state index contributed by atoms with van der Waals surface area (Å²) in [6.07, 6.45) is 5.59. The molecule has 2 aliphatic heterocycles. The Bertz CT molecular complexity index is 1060. The molecule has 2 fully saturated rings. The van der Waals surface area contributed by atoms with Crippen LogP contribution in [-0.2, 0) is 28.8 Å². The highest BCUT2D eigenvalue weighted by atomic mass is 16.4. The number of amides is 3. The first kappa shape index (κ1) is 46.6. The van der Waals surface area contributed by atoms with Crippen LogP contribution in [-0.4, -0.2) is 193 Å². The summed E-state index contributed by atoms with van der Waals surface area (Å²) in [5, 5.41) is 34.7. The lowest BCUT2D eigenvalue weighted by Gasteiger charge is -2.34. The Morgan fingerprint density at radius 2 is 1.06 bits per heavy atom. The Labute approximate surface area is 309 Å². The van der Waals surface area contributed by atoms with Crippen LogP contribution in [0.3, 0.4) is 0 Å². The lowest BCUT2D eigenvalue weighted by atomic mass is 10.0. The Morgan fingerprint density at radius 1 is 0.635 bits per heavy atom. The van der Waals surface area contributed by atoms with E-state index in [2.05, 4.69) is 51.4 Å². The molecule has 300 valence electrons. The van der Waals surface area contributed by atoms with E-state index in [1.807, 2.05) is 9.80 Å². The van der Waals surface area contributed by atoms with Crippen molar-refractivity contribution in [2.24, 2.45) is 5.92 Å². The fourth-order valence-corrected chi connectivity index (χ4v) is 6.19. The molecular formula is C35H66N8O9. The number of nitrogens with one attached hydrogen (secondary N) is 3. The Balaban J connectivity index is 0.00000434. The quantitative estimate of drug-likeness (QED) is 0.0729. The SMILES string of the molecule is CCN1CCN(CC(=O)O)CCN(CC(=O)O)CCN(CC(=O)NC2CCN(CC(=O)NCCCCC(=O)NCCCC(C)C)CC2)CC1.O=CO. The minimum atomic E-state index is -0.939. The molecule has 2 rings (SSSR count). The number of likely N-dealkylation sites (N-methyl/N-ethyl adjacent to an activating group) is 1. The second-order valence-corrected chi connectivity index (χ2v) is 14.0. The molecular weight excluding hydrogens is 676 g/mol. The van der Waals surface area contributed by atoms with Crippen molar-refractivity contribution in [2.45, 2.75) is 71.8 Å². The largest absolute Gasteiger partial charge is 0.483 e. The van der Waals surface area contributed by atoms with Crippen molar-refractivity contribution in [3.63, 3.8) is 0 Å². The van der Waals surface area contributed by atoms with Gasteiger partial charge in [0, 0.05) is 91.0 Å². The average molecular weight is 743 g/mol. The number of carboxylic acids is 2. The summed E-state index contributed by atoms with van der Waals surface area (Å²) in [6, 6.07) is 0.0339. The fraction of sp³-hybridized carbons (Fsp3) is 0.829. The molecule has 52 heavy (non-hydrogen) atoms. The molecule has 2 aliphatic rings. The lowest BCUT2D eigenvalue weighted by molar-refractivity contribution is -0.140. The number of hydrogen-bond donors (Lipinski definition) is 6. The van der Waals surface area contributed by atoms with Gasteiger partial charge < -0.3 is 36.2 Å². The molecule has 17 nitrogen and oxygen atoms in total. The van der Waals surface area contributed by atoms with Gasteiger partial charge in [-0.3, -0.25) is 48.4 Å². The third-order valence-electron chi connectivity index (χ3n) is 9.22. The lowest BCUT2D eigenvalue weighted by Crippen LogP contribution is -2.51. The zero-order valence-corrected chi connectivity index (χ0v) is 31.7. The highest BCUT2D eigenvalue weighted by molar-refractivity contribution is 5.79. The topological polar surface area (TPSA) is 215 Å². The summed E-state index contributed by atoms with van der Waals surface area (Å²) < 4.78 is 0. The zero-order valence-electron chi connectivity index (χ0n) is 31.7. The second kappa shape index (κ2) is 28.2. The van der Waals surface area contributed by atoms with Crippen LogP contribution < -0.4 is 16.0 Å². The third kappa shape index (κ3) is 24.0. The average Bonchev–Trinajstić information content (AvgIpc) is 3.07. The number of likely N-dealkylation sites (tertiary alicyclic amines) is 1. The van der Waals surface area contributed by atoms with Crippen LogP contribution in [0.4, 0.5) is 0 Å². The van der Waals surface area contributed by atoms with E-state index in [9.17, 15) is 34.2 Å². The molecule has 3 amide bonds. The zero-order chi connectivity index (χ0) is 38.7. The van der Waals surface area contributed by atoms with E-state index in [4.69, 9.17) is 9.90 Å². The maximum absolute atomic E-state index is 13.1. The van der Waals surface area contributed by atoms with Crippen molar-refractivity contribution in [1.29, 1.82) is 0 Å². The van der Waals surface area contributed by atoms with Crippen LogP contribution in [0.1, 0.15) is 65.7 Å². The maximum atomic E-state index is 13.1. The summed E-state index contributed by atoms with van der Waals surface area (Å²) in [7, 11) is 0. The minimum absolute atomic E-state index is 0.0245. The number of piperidine rings is 1. The molecule has 0 aliphatic carbocycles. The van der Waals surface area contributed by atoms with Gasteiger partial charge in [0.1, 0.15) is 0 Å². The monoisotopic (exact) mass is 742 g/mol. The van der Waals surface area contributed by atoms with Crippen LogP contribution in [0.25, 0.3) is 0 Å². The van der Waals surface area contributed by atoms with Gasteiger partial charge in [-0.2, -0.15) is 0 Å². The van der Waals surface area contributed by atoms with Gasteiger partial charge in [0.15, 0.2) is 0 Å². The molecule has 17 heteroatoms. The minimum Gasteiger partial charge on any atom is -0.483 e. The smallest absolute Gasteiger partial charge is 0.317 e. The molecule has 0 aromatic rings. The Kier molecular flexibility index (Phi) is 25.3. The van der Waals surface area contributed by atoms with Gasteiger partial charge >= 0.3 is 11.9 Å². The summed E-state index contributed by atoms with van der Waals surface area (Å²) in [4.78, 5) is 78.9. The number of carboxylic acid groups (broad SMARTS) is 3. The van der Waals surface area contributed by atoms with Crippen molar-refractivity contribution in [3.05, 3.63) is 0 Å². The van der Waals surface area contributed by atoms with Crippen molar-refractivity contribution in [2.75, 3.05) is 111 Å². The van der Waals surface area contributed by atoms with Gasteiger partial charge in [-0.25, -0.2) is 0 Å². The standard InChI is InChI=1S/C34H64N8O7.CH2O2/c1-4-38-16-18-40(20-21-42(27-34(48)49)23-22-41(19-17-38)26-33(46)47)25-32(45)37-29-10-14-39(15-11-29)24-31(44)36-12-6-5-9-30(43)35-13-7-8-28(2)3;2-1-3/h28-29H,4-27H2,1-3H3,(H,35,43)(H,36,44)(H,37,45)(H,46,47)(H,48,49);1H,(H,2,3). The van der Waals surface area contributed by atoms with Crippen LogP contribution >= 0.6 is 0 Å². The van der Waals surface area contributed by atoms with Crippen molar-refractivity contribution >= 4 is 36.1 Å². The van der Waals surface area contributed by atoms with Crippen molar-refractivity contribution in [1.82, 2.24) is 40.4 Å². The van der Waals surface area contributed by atoms with E-state index < -0.39 is 11.9 Å². The van der Waals surface area contributed by atoms with Crippen LogP contribution in [0, 0.1) is 5.92 Å². The van der Waals surface area contributed by atoms with E-state index in [1.165, 1.54) is 0 Å². The van der Waals surface area contributed by atoms with Crippen molar-refractivity contribution < 1.29 is 44.1 Å². The van der Waals surface area contributed by atoms with E-state index in [0.29, 0.717) is 84.3 Å². The van der Waals surface area contributed by atoms with E-state index in [-0.39, 0.29) is 49.9 Å². The first-order valence-corrected chi connectivity index (χ1v) is 18.8. The first-order valence-electron chi connectivity index (χ1n) is 18.8. The van der Waals surface area contributed by atoms with Gasteiger partial charge in [0.05, 0.1) is 26.2 Å². The number of rotatable bonds is 19. The number of aliphatic carboxylic acids is 2. The molecule has 0 unspecified atom stereocenters. The molecule has 0 saturated carbocycles. The van der Waals surface area contributed by atoms with Crippen molar-refractivity contribution in [3.8, 4) is 0 Å². The molecule has 0 aromatic heterocycles. The van der Waals surface area contributed by atoms with Crippen LogP contribution in [0.5, 0.6) is 0 Å². The van der Waals surface area contributed by atoms with E-state index in [1.54, 1.807) is 0 Å². The summed E-state index contributed by atoms with van der Waals surface area (Å²) in [5.74, 6) is -1.21. The predicted octanol–water partition coefficient (Wildman–Crippen LogP) is -0.483. The first-order chi connectivity index (χ1) is 24.8. The van der Waals surface area contributed by atoms with Gasteiger partial charge in [-0.1, -0.05) is 20.8 Å². The Hall–Kier alpha value is -3.38. The summed E-state index contributed by atoms with van der Waals surface area (Å²) in [6.45, 7) is 14.5. The second-order valence-electron chi connectivity index (χ2n) is 14.0. The van der Waals surface area contributed by atoms with Gasteiger partial charge in [-0.15, -0.1) is 0 Å². The molecule has 0 atom stereocenters. The number of hydrogen-bond acceptors (Lipinski definition) is 11. The normalized spacial score (nSPS) is 17.9. The van der Waals surface area contributed by atoms with E-state index in [0.717, 1.165) is 58.2 Å². The van der Waals surface area contributed by atoms with E-state index >= 15 is 0 Å². The summed E-state index contributed by atoms with van der Waals surface area (Å²) >= 11 is 0. The molecule has 0 spiro atoms. The third-order valence-corrected chi connectivity index (χ3v) is 9.22. The highest BCUT2D eigenvalue weighted by Crippen LogP contribution is 2.10. The maximum Gasteiger partial charge on any atom is 0.317 e. The predicted molar refractivity (Wildman–Crippen MR) is 197 cm³/mol. The molecule has 0 radical (unpaired) electrons.